The molecule has 0 saturated carbocycles. The highest BCUT2D eigenvalue weighted by molar-refractivity contribution is 7.89. The Hall–Kier alpha value is -3.01. The summed E-state index contributed by atoms with van der Waals surface area (Å²) in [4.78, 5) is 16.6. The van der Waals surface area contributed by atoms with Gasteiger partial charge in [-0.05, 0) is 43.3 Å². The van der Waals surface area contributed by atoms with E-state index in [0.717, 1.165) is 22.2 Å². The molecule has 2 heterocycles. The Morgan fingerprint density at radius 1 is 1.15 bits per heavy atom. The van der Waals surface area contributed by atoms with E-state index in [1.54, 1.807) is 12.1 Å². The van der Waals surface area contributed by atoms with E-state index < -0.39 is 28.0 Å². The maximum Gasteiger partial charge on any atom is 0.312 e. The van der Waals surface area contributed by atoms with Crippen LogP contribution < -0.4 is 4.74 Å². The number of aromatic nitrogens is 1. The van der Waals surface area contributed by atoms with E-state index in [2.05, 4.69) is 4.98 Å². The molecule has 1 saturated heterocycles. The summed E-state index contributed by atoms with van der Waals surface area (Å²) in [5, 5.41) is 1.02. The number of ether oxygens (including phenoxy) is 3. The molecule has 2 unspecified atom stereocenters. The van der Waals surface area contributed by atoms with Crippen LogP contribution in [-0.2, 0) is 30.9 Å². The zero-order valence-electron chi connectivity index (χ0n) is 18.7. The van der Waals surface area contributed by atoms with Crippen molar-refractivity contribution in [2.24, 2.45) is 5.92 Å². The second kappa shape index (κ2) is 9.46. The molecule has 0 aliphatic carbocycles. The molecule has 174 valence electrons. The van der Waals surface area contributed by atoms with Crippen molar-refractivity contribution < 1.29 is 27.4 Å². The number of sulfonamides is 1. The zero-order chi connectivity index (χ0) is 23.6. The fraction of sp³-hybridized carbons (Fsp3) is 0.333. The standard InChI is InChI=1S/C24H26N2O6S/c1-16-12-17(20-6-4-5-7-22(20)25-16)13-32-18-8-10-19(11-9-18)33(28,29)26(2)23-15-31-14-21(23)24(27)30-3/h4-12,21,23H,13-15H2,1-3H3. The predicted octanol–water partition coefficient (Wildman–Crippen LogP) is 2.93. The third-order valence-electron chi connectivity index (χ3n) is 5.85. The largest absolute Gasteiger partial charge is 0.489 e. The van der Waals surface area contributed by atoms with E-state index in [1.165, 1.54) is 30.6 Å². The Bertz CT molecular complexity index is 1260. The monoisotopic (exact) mass is 470 g/mol. The quantitative estimate of drug-likeness (QED) is 0.490. The molecule has 1 fully saturated rings. The lowest BCUT2D eigenvalue weighted by atomic mass is 10.0. The summed E-state index contributed by atoms with van der Waals surface area (Å²) < 4.78 is 43.5. The summed E-state index contributed by atoms with van der Waals surface area (Å²) in [5.41, 5.74) is 2.81. The molecule has 33 heavy (non-hydrogen) atoms. The van der Waals surface area contributed by atoms with E-state index in [9.17, 15) is 13.2 Å². The Kier molecular flexibility index (Phi) is 6.64. The van der Waals surface area contributed by atoms with Gasteiger partial charge in [0.15, 0.2) is 0 Å². The van der Waals surface area contributed by atoms with Gasteiger partial charge in [-0.25, -0.2) is 8.42 Å². The van der Waals surface area contributed by atoms with Crippen molar-refractivity contribution in [1.82, 2.24) is 9.29 Å². The lowest BCUT2D eigenvalue weighted by Gasteiger charge is -2.26. The predicted molar refractivity (Wildman–Crippen MR) is 122 cm³/mol. The zero-order valence-corrected chi connectivity index (χ0v) is 19.5. The Labute approximate surface area is 193 Å². The molecule has 2 aromatic carbocycles. The first-order valence-electron chi connectivity index (χ1n) is 10.5. The highest BCUT2D eigenvalue weighted by Crippen LogP contribution is 2.27. The van der Waals surface area contributed by atoms with Crippen LogP contribution in [0.1, 0.15) is 11.3 Å². The molecule has 4 rings (SSSR count). The van der Waals surface area contributed by atoms with Gasteiger partial charge >= 0.3 is 5.97 Å². The molecule has 1 aliphatic heterocycles. The van der Waals surface area contributed by atoms with Crippen LogP contribution in [0.4, 0.5) is 0 Å². The summed E-state index contributed by atoms with van der Waals surface area (Å²) in [6.45, 7) is 2.53. The van der Waals surface area contributed by atoms with E-state index in [4.69, 9.17) is 14.2 Å². The van der Waals surface area contributed by atoms with Gasteiger partial charge in [0.1, 0.15) is 12.4 Å². The van der Waals surface area contributed by atoms with Gasteiger partial charge in [0.25, 0.3) is 0 Å². The molecule has 1 aliphatic rings. The maximum atomic E-state index is 13.1. The molecule has 9 heteroatoms. The number of carbonyl (C=O) groups excluding carboxylic acids is 1. The van der Waals surface area contributed by atoms with Gasteiger partial charge in [0.05, 0.1) is 42.7 Å². The van der Waals surface area contributed by atoms with Crippen molar-refractivity contribution in [1.29, 1.82) is 0 Å². The van der Waals surface area contributed by atoms with Crippen LogP contribution in [0.25, 0.3) is 10.9 Å². The molecule has 0 spiro atoms. The summed E-state index contributed by atoms with van der Waals surface area (Å²) in [6.07, 6.45) is 0. The number of aryl methyl sites for hydroxylation is 1. The highest BCUT2D eigenvalue weighted by atomic mass is 32.2. The van der Waals surface area contributed by atoms with Crippen LogP contribution in [0.3, 0.4) is 0 Å². The lowest BCUT2D eigenvalue weighted by Crippen LogP contribution is -2.44. The first-order valence-corrected chi connectivity index (χ1v) is 12.0. The maximum absolute atomic E-state index is 13.1. The SMILES string of the molecule is COC(=O)C1COCC1N(C)S(=O)(=O)c1ccc(OCc2cc(C)nc3ccccc23)cc1. The Balaban J connectivity index is 1.49. The second-order valence-electron chi connectivity index (χ2n) is 7.96. The number of benzene rings is 2. The minimum Gasteiger partial charge on any atom is -0.489 e. The number of hydrogen-bond acceptors (Lipinski definition) is 7. The van der Waals surface area contributed by atoms with Crippen molar-refractivity contribution in [2.45, 2.75) is 24.5 Å². The molecule has 8 nitrogen and oxygen atoms in total. The first-order chi connectivity index (χ1) is 15.8. The van der Waals surface area contributed by atoms with Gasteiger partial charge in [-0.1, -0.05) is 18.2 Å². The molecule has 0 amide bonds. The van der Waals surface area contributed by atoms with Crippen LogP contribution in [-0.4, -0.2) is 57.1 Å². The second-order valence-corrected chi connectivity index (χ2v) is 9.95. The van der Waals surface area contributed by atoms with Crippen molar-refractivity contribution >= 4 is 26.9 Å². The molecular weight excluding hydrogens is 444 g/mol. The number of nitrogens with zero attached hydrogens (tertiary/aromatic N) is 2. The molecule has 0 N–H and O–H groups in total. The smallest absolute Gasteiger partial charge is 0.312 e. The third kappa shape index (κ3) is 4.71. The van der Waals surface area contributed by atoms with Crippen LogP contribution in [0.5, 0.6) is 5.75 Å². The van der Waals surface area contributed by atoms with Crippen LogP contribution >= 0.6 is 0 Å². The van der Waals surface area contributed by atoms with E-state index >= 15 is 0 Å². The average molecular weight is 471 g/mol. The van der Waals surface area contributed by atoms with Gasteiger partial charge < -0.3 is 14.2 Å². The number of esters is 1. The summed E-state index contributed by atoms with van der Waals surface area (Å²) in [7, 11) is -1.10. The third-order valence-corrected chi connectivity index (χ3v) is 7.74. The molecule has 0 bridgehead atoms. The molecule has 2 atom stereocenters. The number of pyridine rings is 1. The normalized spacial score (nSPS) is 18.5. The number of rotatable bonds is 7. The summed E-state index contributed by atoms with van der Waals surface area (Å²) >= 11 is 0. The molecule has 0 radical (unpaired) electrons. The molecule has 1 aromatic heterocycles. The van der Waals surface area contributed by atoms with Gasteiger partial charge in [-0.15, -0.1) is 0 Å². The van der Waals surface area contributed by atoms with E-state index in [1.807, 2.05) is 37.3 Å². The van der Waals surface area contributed by atoms with Crippen molar-refractivity contribution in [3.05, 3.63) is 65.9 Å². The van der Waals surface area contributed by atoms with E-state index in [-0.39, 0.29) is 18.1 Å². The van der Waals surface area contributed by atoms with Crippen molar-refractivity contribution in [3.8, 4) is 5.75 Å². The first kappa shape index (κ1) is 23.2. The van der Waals surface area contributed by atoms with E-state index in [0.29, 0.717) is 12.4 Å². The van der Waals surface area contributed by atoms with Crippen LogP contribution in [0.15, 0.2) is 59.5 Å². The van der Waals surface area contributed by atoms with Gasteiger partial charge in [-0.2, -0.15) is 4.31 Å². The Morgan fingerprint density at radius 2 is 1.88 bits per heavy atom. The van der Waals surface area contributed by atoms with Gasteiger partial charge in [0.2, 0.25) is 10.0 Å². The van der Waals surface area contributed by atoms with Crippen molar-refractivity contribution in [2.75, 3.05) is 27.4 Å². The Morgan fingerprint density at radius 3 is 2.61 bits per heavy atom. The van der Waals surface area contributed by atoms with Gasteiger partial charge in [0, 0.05) is 23.7 Å². The molecule has 3 aromatic rings. The number of methoxy groups -OCH3 is 1. The topological polar surface area (TPSA) is 95.0 Å². The van der Waals surface area contributed by atoms with Gasteiger partial charge in [-0.3, -0.25) is 9.78 Å². The summed E-state index contributed by atoms with van der Waals surface area (Å²) in [5.74, 6) is -0.593. The number of hydrogen-bond donors (Lipinski definition) is 0. The summed E-state index contributed by atoms with van der Waals surface area (Å²) in [6, 6.07) is 15.5. The number of para-hydroxylation sites is 1. The number of fused-ring (bicyclic) bond motifs is 1. The minimum atomic E-state index is -3.83. The molecular formula is C24H26N2O6S. The number of likely N-dealkylation sites (N-methyl/N-ethyl adjacent to an activating group) is 1. The minimum absolute atomic E-state index is 0.109. The fourth-order valence-corrected chi connectivity index (χ4v) is 5.38. The lowest BCUT2D eigenvalue weighted by molar-refractivity contribution is -0.146. The average Bonchev–Trinajstić information content (AvgIpc) is 3.31. The van der Waals surface area contributed by atoms with Crippen molar-refractivity contribution in [3.63, 3.8) is 0 Å². The van der Waals surface area contributed by atoms with Crippen LogP contribution in [0.2, 0.25) is 0 Å². The number of carbonyl (C=O) groups is 1. The highest BCUT2D eigenvalue weighted by Gasteiger charge is 2.42. The fourth-order valence-electron chi connectivity index (χ4n) is 4.01. The van der Waals surface area contributed by atoms with Crippen LogP contribution in [0, 0.1) is 12.8 Å².